The standard InChI is InChI=1S/C15H21BrN2O/c1-11-8-12(16)9-13(19-4)14(11)18-10-15(2,3)6-5-7-17/h8-9,18H,5-6,10H2,1-4H3. The topological polar surface area (TPSA) is 45.0 Å². The minimum atomic E-state index is 0.0836. The summed E-state index contributed by atoms with van der Waals surface area (Å²) in [6.07, 6.45) is 1.47. The zero-order valence-electron chi connectivity index (χ0n) is 12.0. The number of rotatable bonds is 6. The molecule has 0 unspecified atom stereocenters. The van der Waals surface area contributed by atoms with Crippen LogP contribution in [0.15, 0.2) is 16.6 Å². The third kappa shape index (κ3) is 4.76. The van der Waals surface area contributed by atoms with Crippen LogP contribution in [-0.2, 0) is 0 Å². The fraction of sp³-hybridized carbons (Fsp3) is 0.533. The van der Waals surface area contributed by atoms with Crippen molar-refractivity contribution < 1.29 is 4.74 Å². The molecule has 0 aliphatic rings. The van der Waals surface area contributed by atoms with Crippen LogP contribution in [0.5, 0.6) is 5.75 Å². The number of nitrogens with zero attached hydrogens (tertiary/aromatic N) is 1. The van der Waals surface area contributed by atoms with Gasteiger partial charge in [-0.15, -0.1) is 0 Å². The molecule has 3 nitrogen and oxygen atoms in total. The third-order valence-electron chi connectivity index (χ3n) is 3.14. The fourth-order valence-electron chi connectivity index (χ4n) is 1.91. The molecule has 0 fully saturated rings. The van der Waals surface area contributed by atoms with Gasteiger partial charge in [0.05, 0.1) is 18.9 Å². The van der Waals surface area contributed by atoms with Gasteiger partial charge in [-0.2, -0.15) is 5.26 Å². The van der Waals surface area contributed by atoms with Gasteiger partial charge in [0, 0.05) is 17.4 Å². The van der Waals surface area contributed by atoms with E-state index in [1.165, 1.54) is 0 Å². The lowest BCUT2D eigenvalue weighted by atomic mass is 9.88. The Hall–Kier alpha value is -1.21. The van der Waals surface area contributed by atoms with E-state index in [4.69, 9.17) is 10.00 Å². The first-order valence-electron chi connectivity index (χ1n) is 6.34. The van der Waals surface area contributed by atoms with Crippen LogP contribution in [0, 0.1) is 23.7 Å². The summed E-state index contributed by atoms with van der Waals surface area (Å²) in [6, 6.07) is 6.22. The minimum Gasteiger partial charge on any atom is -0.495 e. The molecule has 0 spiro atoms. The van der Waals surface area contributed by atoms with Crippen molar-refractivity contribution in [2.45, 2.75) is 33.6 Å². The molecule has 19 heavy (non-hydrogen) atoms. The molecule has 0 saturated carbocycles. The van der Waals surface area contributed by atoms with Gasteiger partial charge >= 0.3 is 0 Å². The fourth-order valence-corrected chi connectivity index (χ4v) is 2.46. The summed E-state index contributed by atoms with van der Waals surface area (Å²) < 4.78 is 6.42. The molecule has 0 atom stereocenters. The second-order valence-corrected chi connectivity index (χ2v) is 6.39. The van der Waals surface area contributed by atoms with Crippen molar-refractivity contribution in [1.29, 1.82) is 5.26 Å². The molecule has 0 aliphatic carbocycles. The predicted octanol–water partition coefficient (Wildman–Crippen LogP) is 4.51. The van der Waals surface area contributed by atoms with E-state index in [2.05, 4.69) is 54.2 Å². The number of aryl methyl sites for hydroxylation is 1. The van der Waals surface area contributed by atoms with Gasteiger partial charge in [-0.05, 0) is 36.5 Å². The van der Waals surface area contributed by atoms with Gasteiger partial charge in [0.25, 0.3) is 0 Å². The van der Waals surface area contributed by atoms with Gasteiger partial charge in [0.15, 0.2) is 0 Å². The Morgan fingerprint density at radius 3 is 2.68 bits per heavy atom. The summed E-state index contributed by atoms with van der Waals surface area (Å²) in [5, 5.41) is 12.1. The van der Waals surface area contributed by atoms with Crippen LogP contribution in [-0.4, -0.2) is 13.7 Å². The first-order chi connectivity index (χ1) is 8.89. The van der Waals surface area contributed by atoms with Gasteiger partial charge in [0.2, 0.25) is 0 Å². The van der Waals surface area contributed by atoms with E-state index in [-0.39, 0.29) is 5.41 Å². The molecular formula is C15H21BrN2O. The molecule has 1 rings (SSSR count). The molecule has 1 aromatic carbocycles. The number of ether oxygens (including phenoxy) is 1. The normalized spacial score (nSPS) is 10.9. The summed E-state index contributed by atoms with van der Waals surface area (Å²) in [6.45, 7) is 7.20. The van der Waals surface area contributed by atoms with E-state index in [9.17, 15) is 0 Å². The monoisotopic (exact) mass is 324 g/mol. The van der Waals surface area contributed by atoms with Crippen LogP contribution >= 0.6 is 15.9 Å². The largest absolute Gasteiger partial charge is 0.495 e. The zero-order valence-corrected chi connectivity index (χ0v) is 13.6. The summed E-state index contributed by atoms with van der Waals surface area (Å²) >= 11 is 3.47. The van der Waals surface area contributed by atoms with Crippen LogP contribution in [0.3, 0.4) is 0 Å². The average Bonchev–Trinajstić information content (AvgIpc) is 2.34. The number of benzene rings is 1. The van der Waals surface area contributed by atoms with E-state index >= 15 is 0 Å². The second kappa shape index (κ2) is 6.81. The zero-order chi connectivity index (χ0) is 14.5. The number of hydrogen-bond donors (Lipinski definition) is 1. The molecule has 0 aromatic heterocycles. The van der Waals surface area contributed by atoms with Crippen molar-refractivity contribution in [3.63, 3.8) is 0 Å². The Morgan fingerprint density at radius 2 is 2.11 bits per heavy atom. The Labute approximate surface area is 124 Å². The van der Waals surface area contributed by atoms with E-state index in [0.29, 0.717) is 6.42 Å². The molecule has 0 saturated heterocycles. The highest BCUT2D eigenvalue weighted by atomic mass is 79.9. The van der Waals surface area contributed by atoms with Crippen LogP contribution < -0.4 is 10.1 Å². The Balaban J connectivity index is 2.80. The number of halogens is 1. The third-order valence-corrected chi connectivity index (χ3v) is 3.60. The van der Waals surface area contributed by atoms with Gasteiger partial charge in [-0.1, -0.05) is 29.8 Å². The van der Waals surface area contributed by atoms with Crippen molar-refractivity contribution in [2.75, 3.05) is 19.0 Å². The highest BCUT2D eigenvalue weighted by Crippen LogP contribution is 2.33. The molecule has 0 heterocycles. The molecule has 104 valence electrons. The number of anilines is 1. The molecule has 0 amide bonds. The summed E-state index contributed by atoms with van der Waals surface area (Å²) in [4.78, 5) is 0. The molecular weight excluding hydrogens is 304 g/mol. The maximum absolute atomic E-state index is 8.68. The first kappa shape index (κ1) is 15.8. The Morgan fingerprint density at radius 1 is 1.42 bits per heavy atom. The van der Waals surface area contributed by atoms with Crippen molar-refractivity contribution in [3.8, 4) is 11.8 Å². The Kier molecular flexibility index (Phi) is 5.68. The molecule has 0 aliphatic heterocycles. The number of nitriles is 1. The lowest BCUT2D eigenvalue weighted by Crippen LogP contribution is -2.23. The maximum Gasteiger partial charge on any atom is 0.143 e. The van der Waals surface area contributed by atoms with E-state index in [1.807, 2.05) is 6.07 Å². The maximum atomic E-state index is 8.68. The van der Waals surface area contributed by atoms with E-state index < -0.39 is 0 Å². The number of nitrogens with one attached hydrogen (secondary N) is 1. The van der Waals surface area contributed by atoms with Crippen LogP contribution in [0.2, 0.25) is 0 Å². The van der Waals surface area contributed by atoms with Gasteiger partial charge in [-0.3, -0.25) is 0 Å². The summed E-state index contributed by atoms with van der Waals surface area (Å²) in [5.41, 5.74) is 2.25. The number of hydrogen-bond acceptors (Lipinski definition) is 3. The lowest BCUT2D eigenvalue weighted by Gasteiger charge is -2.25. The highest BCUT2D eigenvalue weighted by Gasteiger charge is 2.18. The Bertz CT molecular complexity index is 478. The van der Waals surface area contributed by atoms with Crippen LogP contribution in [0.1, 0.15) is 32.3 Å². The van der Waals surface area contributed by atoms with Gasteiger partial charge < -0.3 is 10.1 Å². The molecule has 0 bridgehead atoms. The first-order valence-corrected chi connectivity index (χ1v) is 7.14. The van der Waals surface area contributed by atoms with E-state index in [0.717, 1.165) is 34.4 Å². The molecule has 4 heteroatoms. The summed E-state index contributed by atoms with van der Waals surface area (Å²) in [5.74, 6) is 0.836. The SMILES string of the molecule is COc1cc(Br)cc(C)c1NCC(C)(C)CCC#N. The van der Waals surface area contributed by atoms with Gasteiger partial charge in [-0.25, -0.2) is 0 Å². The van der Waals surface area contributed by atoms with Crippen LogP contribution in [0.4, 0.5) is 5.69 Å². The van der Waals surface area contributed by atoms with Crippen molar-refractivity contribution in [2.24, 2.45) is 5.41 Å². The lowest BCUT2D eigenvalue weighted by molar-refractivity contribution is 0.362. The van der Waals surface area contributed by atoms with Crippen molar-refractivity contribution >= 4 is 21.6 Å². The van der Waals surface area contributed by atoms with Gasteiger partial charge in [0.1, 0.15) is 5.75 Å². The second-order valence-electron chi connectivity index (χ2n) is 5.48. The molecule has 1 aromatic rings. The smallest absolute Gasteiger partial charge is 0.143 e. The number of methoxy groups -OCH3 is 1. The van der Waals surface area contributed by atoms with Crippen molar-refractivity contribution in [3.05, 3.63) is 22.2 Å². The average molecular weight is 325 g/mol. The highest BCUT2D eigenvalue weighted by molar-refractivity contribution is 9.10. The van der Waals surface area contributed by atoms with Crippen molar-refractivity contribution in [1.82, 2.24) is 0 Å². The summed E-state index contributed by atoms with van der Waals surface area (Å²) in [7, 11) is 1.67. The van der Waals surface area contributed by atoms with Crippen LogP contribution in [0.25, 0.3) is 0 Å². The predicted molar refractivity (Wildman–Crippen MR) is 82.5 cm³/mol. The van der Waals surface area contributed by atoms with E-state index in [1.54, 1.807) is 7.11 Å². The molecule has 0 radical (unpaired) electrons. The minimum absolute atomic E-state index is 0.0836. The molecule has 1 N–H and O–H groups in total. The quantitative estimate of drug-likeness (QED) is 0.837.